The van der Waals surface area contributed by atoms with Crippen molar-refractivity contribution in [2.45, 2.75) is 59.4 Å². The zero-order valence-electron chi connectivity index (χ0n) is 22.5. The maximum atomic E-state index is 3.34. The molecule has 0 saturated carbocycles. The molecule has 7 atom stereocenters. The fourth-order valence-corrected chi connectivity index (χ4v) is 115. The third-order valence-corrected chi connectivity index (χ3v) is 71.5. The van der Waals surface area contributed by atoms with Gasteiger partial charge in [0.1, 0.15) is 0 Å². The molecular formula is C36H33FeNP2. The Morgan fingerprint density at radius 1 is 0.625 bits per heavy atom. The molecule has 10 fully saturated rings. The Morgan fingerprint density at radius 2 is 1.07 bits per heavy atom. The second-order valence-corrected chi connectivity index (χ2v) is 43.4. The Kier molecular flexibility index (Phi) is 1.59. The zero-order chi connectivity index (χ0) is 26.0. The summed E-state index contributed by atoms with van der Waals surface area (Å²) in [5, 5.41) is 3.36. The van der Waals surface area contributed by atoms with Crippen molar-refractivity contribution in [3.8, 4) is 0 Å². The molecule has 10 saturated heterocycles. The molecule has 0 N–H and O–H groups in total. The first-order valence-electron chi connectivity index (χ1n) is 15.2. The van der Waals surface area contributed by atoms with Crippen molar-refractivity contribution in [3.63, 3.8) is 0 Å². The van der Waals surface area contributed by atoms with Crippen LogP contribution in [0.4, 0.5) is 5.69 Å². The van der Waals surface area contributed by atoms with Gasteiger partial charge < -0.3 is 0 Å². The molecule has 0 radical (unpaired) electrons. The molecule has 4 aromatic carbocycles. The van der Waals surface area contributed by atoms with Gasteiger partial charge in [-0.05, 0) is 0 Å². The molecule has 4 heteroatoms. The third kappa shape index (κ3) is 0.506. The van der Waals surface area contributed by atoms with Crippen molar-refractivity contribution in [3.05, 3.63) is 127 Å². The van der Waals surface area contributed by atoms with Crippen LogP contribution in [0, 0.1) is 0 Å². The van der Waals surface area contributed by atoms with E-state index in [1.165, 1.54) is 39.4 Å². The van der Waals surface area contributed by atoms with E-state index in [9.17, 15) is 0 Å². The summed E-state index contributed by atoms with van der Waals surface area (Å²) in [7, 11) is 2.94. The van der Waals surface area contributed by atoms with Crippen LogP contribution in [-0.2, 0) is 12.0 Å². The molecule has 10 heterocycles. The SMILES string of the molecule is CC(c1ccccc1)(N(P)c1ccccc1)[C@@]12[CH]3[CH]4[CH]5[C]1(P(c1ccccc1)c1ccccc1)[Fe]45321678[CH]2[CH]1[CH]6[CH]7[CH]28. The van der Waals surface area contributed by atoms with Crippen LogP contribution in [0.5, 0.6) is 0 Å². The van der Waals surface area contributed by atoms with Gasteiger partial charge in [0.25, 0.3) is 0 Å². The van der Waals surface area contributed by atoms with Crippen LogP contribution in [-0.4, -0.2) is 4.05 Å². The van der Waals surface area contributed by atoms with Gasteiger partial charge in [-0.3, -0.25) is 0 Å². The normalized spacial score (nSPS) is 60.7. The Morgan fingerprint density at radius 3 is 1.52 bits per heavy atom. The number of fused-ring (bicyclic) bond motifs is 10. The third-order valence-electron chi connectivity index (χ3n) is 20.7. The first-order valence-corrected chi connectivity index (χ1v) is 23.2. The van der Waals surface area contributed by atoms with Crippen LogP contribution < -0.4 is 15.3 Å². The summed E-state index contributed by atoms with van der Waals surface area (Å²) < 4.78 is 3.91. The molecule has 14 rings (SSSR count). The Hall–Kier alpha value is -1.94. The summed E-state index contributed by atoms with van der Waals surface area (Å²) in [4.78, 5) is 9.63. The van der Waals surface area contributed by atoms with Gasteiger partial charge in [-0.25, -0.2) is 0 Å². The molecule has 0 amide bonds. The van der Waals surface area contributed by atoms with Gasteiger partial charge in [-0.15, -0.1) is 0 Å². The molecule has 6 unspecified atom stereocenters. The van der Waals surface area contributed by atoms with Gasteiger partial charge in [0, 0.05) is 0 Å². The van der Waals surface area contributed by atoms with E-state index in [-0.39, 0.29) is 5.54 Å². The maximum absolute atomic E-state index is 4.02. The van der Waals surface area contributed by atoms with Crippen molar-refractivity contribution in [2.24, 2.45) is 0 Å². The van der Waals surface area contributed by atoms with E-state index < -0.39 is 14.4 Å². The van der Waals surface area contributed by atoms with Crippen LogP contribution in [0.3, 0.4) is 0 Å². The molecule has 1 spiro atoms. The first-order chi connectivity index (χ1) is 19.4. The summed E-state index contributed by atoms with van der Waals surface area (Å²) in [6.45, 7) is -1.28. The van der Waals surface area contributed by atoms with Gasteiger partial charge in [0.15, 0.2) is 0 Å². The summed E-state index contributed by atoms with van der Waals surface area (Å²) in [5.74, 6) is 0. The quantitative estimate of drug-likeness (QED) is 0.152. The minimum atomic E-state index is -4.02. The Bertz CT molecular complexity index is 2190. The van der Waals surface area contributed by atoms with E-state index >= 15 is 0 Å². The van der Waals surface area contributed by atoms with Crippen LogP contribution in [0.1, 0.15) is 12.5 Å². The molecule has 0 aliphatic carbocycles. The van der Waals surface area contributed by atoms with Crippen LogP contribution in [0.2, 0.25) is 42.8 Å². The zero-order valence-corrected chi connectivity index (χ0v) is 25.6. The summed E-state index contributed by atoms with van der Waals surface area (Å²) >= 11 is 0. The van der Waals surface area contributed by atoms with Gasteiger partial charge in [-0.1, -0.05) is 0 Å². The second kappa shape index (κ2) is 3.18. The number of anilines is 1. The topological polar surface area (TPSA) is 3.24 Å². The molecule has 40 heavy (non-hydrogen) atoms. The number of benzene rings is 4. The number of hydrogen-bond acceptors (Lipinski definition) is 1. The average molecular weight is 597 g/mol. The standard InChI is InChI=1S/C31H28NP2.C5H5.Fe/c1-31(25-15-6-2-7-16-25,32(33)26-17-8-3-9-18-26)29-23-14-24-30(29)34(27-19-10-4-11-20-27)28-21-12-5-13-22-28;1-2-4-5-3-1;/h2-24H,33H2,1H3;1-5H;. The fraction of sp³-hybridized carbons (Fsp3) is 0.333. The summed E-state index contributed by atoms with van der Waals surface area (Å²) in [5.41, 5.74) is 2.96. The minimum absolute atomic E-state index is 0.00867. The van der Waals surface area contributed by atoms with Crippen molar-refractivity contribution in [2.75, 3.05) is 4.67 Å². The fourth-order valence-electron chi connectivity index (χ4n) is 22.3. The molecule has 10 aliphatic rings. The van der Waals surface area contributed by atoms with E-state index in [4.69, 9.17) is 0 Å². The van der Waals surface area contributed by atoms with Gasteiger partial charge in [0.2, 0.25) is 0 Å². The summed E-state index contributed by atoms with van der Waals surface area (Å²) in [6.07, 6.45) is 0. The predicted molar refractivity (Wildman–Crippen MR) is 167 cm³/mol. The van der Waals surface area contributed by atoms with E-state index in [1.54, 1.807) is 16.2 Å². The molecule has 4 aromatic rings. The Balaban J connectivity index is 1.16. The average Bonchev–Trinajstić information content (AvgIpc) is 3.97. The monoisotopic (exact) mass is 597 g/mol. The number of para-hydroxylation sites is 1. The van der Waals surface area contributed by atoms with Crippen LogP contribution in [0.15, 0.2) is 121 Å². The number of hydrogen-bond donors (Lipinski definition) is 0. The summed E-state index contributed by atoms with van der Waals surface area (Å²) in [6, 6.07) is 47.3. The van der Waals surface area contributed by atoms with Crippen molar-refractivity contribution in [1.29, 1.82) is 0 Å². The molecule has 0 aromatic heterocycles. The Labute approximate surface area is 230 Å². The first kappa shape index (κ1) is 20.0. The van der Waals surface area contributed by atoms with E-state index in [0.717, 1.165) is 4.82 Å². The number of rotatable bonds is 7. The van der Waals surface area contributed by atoms with E-state index in [2.05, 4.69) is 142 Å². The van der Waals surface area contributed by atoms with Crippen molar-refractivity contribution < 1.29 is 6.51 Å². The van der Waals surface area contributed by atoms with Crippen molar-refractivity contribution in [1.82, 2.24) is 0 Å². The van der Waals surface area contributed by atoms with Crippen LogP contribution in [0.25, 0.3) is 0 Å². The van der Waals surface area contributed by atoms with E-state index in [0.29, 0.717) is 8.37 Å². The molecule has 10 aliphatic heterocycles. The predicted octanol–water partition coefficient (Wildman–Crippen LogP) is 9.00. The van der Waals surface area contributed by atoms with E-state index in [1.807, 2.05) is 0 Å². The van der Waals surface area contributed by atoms with Gasteiger partial charge >= 0.3 is 231 Å². The van der Waals surface area contributed by atoms with Gasteiger partial charge in [0.05, 0.1) is 0 Å². The van der Waals surface area contributed by atoms with Crippen LogP contribution >= 0.6 is 17.3 Å². The number of nitrogens with zero attached hydrogens (tertiary/aromatic N) is 1. The van der Waals surface area contributed by atoms with Gasteiger partial charge in [-0.2, -0.15) is 0 Å². The second-order valence-electron chi connectivity index (χ2n) is 16.9. The molecule has 0 bridgehead atoms. The molecular weight excluding hydrogens is 564 g/mol. The van der Waals surface area contributed by atoms with Crippen molar-refractivity contribution >= 4 is 33.6 Å². The molecule has 1 nitrogen and oxygen atoms in total. The molecule has 200 valence electrons.